The van der Waals surface area contributed by atoms with Crippen molar-refractivity contribution in [3.05, 3.63) is 89.7 Å². The molecular formula is C23H22N2O4. The molecular weight excluding hydrogens is 368 g/mol. The molecule has 0 aliphatic rings. The highest BCUT2D eigenvalue weighted by atomic mass is 16.5. The van der Waals surface area contributed by atoms with Crippen LogP contribution >= 0.6 is 0 Å². The van der Waals surface area contributed by atoms with Crippen molar-refractivity contribution < 1.29 is 19.1 Å². The van der Waals surface area contributed by atoms with Crippen molar-refractivity contribution in [1.29, 1.82) is 0 Å². The third-order valence-electron chi connectivity index (χ3n) is 4.21. The van der Waals surface area contributed by atoms with Crippen LogP contribution < -0.4 is 10.1 Å². The molecule has 2 aromatic carbocycles. The van der Waals surface area contributed by atoms with Gasteiger partial charge in [0.25, 0.3) is 5.91 Å². The van der Waals surface area contributed by atoms with Gasteiger partial charge in [-0.15, -0.1) is 0 Å². The Balaban J connectivity index is 1.60. The fourth-order valence-electron chi connectivity index (χ4n) is 2.58. The number of carbonyl (C=O) groups is 2. The van der Waals surface area contributed by atoms with Crippen LogP contribution in [-0.4, -0.2) is 23.0 Å². The van der Waals surface area contributed by atoms with E-state index in [4.69, 9.17) is 9.47 Å². The van der Waals surface area contributed by atoms with Crippen LogP contribution in [0.2, 0.25) is 0 Å². The number of rotatable bonds is 7. The van der Waals surface area contributed by atoms with Gasteiger partial charge in [0.05, 0.1) is 6.20 Å². The zero-order valence-corrected chi connectivity index (χ0v) is 16.3. The molecule has 148 valence electrons. The Morgan fingerprint density at radius 3 is 2.52 bits per heavy atom. The minimum absolute atomic E-state index is 0.231. The normalized spacial score (nSPS) is 11.4. The molecule has 0 aliphatic heterocycles. The number of carbonyl (C=O) groups excluding carboxylic acids is 2. The summed E-state index contributed by atoms with van der Waals surface area (Å²) in [6, 6.07) is 18.0. The summed E-state index contributed by atoms with van der Waals surface area (Å²) in [4.78, 5) is 28.9. The molecule has 1 aromatic heterocycles. The lowest BCUT2D eigenvalue weighted by molar-refractivity contribution is -0.129. The molecule has 1 unspecified atom stereocenters. The van der Waals surface area contributed by atoms with Crippen LogP contribution in [0.25, 0.3) is 0 Å². The van der Waals surface area contributed by atoms with E-state index >= 15 is 0 Å². The minimum Gasteiger partial charge on any atom is -0.455 e. The summed E-state index contributed by atoms with van der Waals surface area (Å²) < 4.78 is 11.1. The Morgan fingerprint density at radius 1 is 1.03 bits per heavy atom. The summed E-state index contributed by atoms with van der Waals surface area (Å²) in [5.41, 5.74) is 2.35. The number of pyridine rings is 1. The van der Waals surface area contributed by atoms with E-state index in [0.717, 1.165) is 11.1 Å². The molecule has 0 radical (unpaired) electrons. The van der Waals surface area contributed by atoms with Gasteiger partial charge in [-0.05, 0) is 43.7 Å². The van der Waals surface area contributed by atoms with Gasteiger partial charge >= 0.3 is 5.97 Å². The van der Waals surface area contributed by atoms with Gasteiger partial charge in [0.15, 0.2) is 6.10 Å². The number of hydrogen-bond donors (Lipinski definition) is 1. The maximum atomic E-state index is 12.6. The van der Waals surface area contributed by atoms with E-state index in [1.807, 2.05) is 31.2 Å². The second-order valence-electron chi connectivity index (χ2n) is 6.54. The van der Waals surface area contributed by atoms with E-state index in [1.165, 1.54) is 6.92 Å². The summed E-state index contributed by atoms with van der Waals surface area (Å²) in [5.74, 6) is -0.179. The zero-order valence-electron chi connectivity index (χ0n) is 16.3. The molecule has 1 amide bonds. The van der Waals surface area contributed by atoms with Crippen LogP contribution in [0, 0.1) is 6.92 Å². The maximum Gasteiger partial charge on any atom is 0.342 e. The number of nitrogens with zero attached hydrogens (tertiary/aromatic N) is 1. The summed E-state index contributed by atoms with van der Waals surface area (Å²) in [7, 11) is 0. The Labute approximate surface area is 169 Å². The molecule has 1 heterocycles. The molecule has 1 atom stereocenters. The van der Waals surface area contributed by atoms with Crippen molar-refractivity contribution in [1.82, 2.24) is 10.3 Å². The molecule has 3 rings (SSSR count). The third-order valence-corrected chi connectivity index (χ3v) is 4.21. The number of para-hydroxylation sites is 1. The van der Waals surface area contributed by atoms with Gasteiger partial charge in [-0.25, -0.2) is 4.79 Å². The van der Waals surface area contributed by atoms with Crippen molar-refractivity contribution in [3.63, 3.8) is 0 Å². The Bertz CT molecular complexity index is 972. The first-order valence-electron chi connectivity index (χ1n) is 9.24. The first-order valence-corrected chi connectivity index (χ1v) is 9.24. The average Bonchev–Trinajstić information content (AvgIpc) is 2.74. The van der Waals surface area contributed by atoms with Gasteiger partial charge < -0.3 is 14.8 Å². The number of nitrogens with one attached hydrogen (secondary N) is 1. The van der Waals surface area contributed by atoms with E-state index < -0.39 is 12.1 Å². The van der Waals surface area contributed by atoms with Crippen LogP contribution in [-0.2, 0) is 16.1 Å². The smallest absolute Gasteiger partial charge is 0.342 e. The number of aromatic nitrogens is 1. The van der Waals surface area contributed by atoms with Gasteiger partial charge in [0.1, 0.15) is 17.1 Å². The molecule has 0 bridgehead atoms. The van der Waals surface area contributed by atoms with E-state index in [2.05, 4.69) is 10.3 Å². The number of hydrogen-bond acceptors (Lipinski definition) is 5. The number of amides is 1. The van der Waals surface area contributed by atoms with Gasteiger partial charge in [-0.1, -0.05) is 42.0 Å². The topological polar surface area (TPSA) is 77.5 Å². The van der Waals surface area contributed by atoms with Crippen molar-refractivity contribution >= 4 is 11.9 Å². The average molecular weight is 390 g/mol. The monoisotopic (exact) mass is 390 g/mol. The lowest BCUT2D eigenvalue weighted by atomic mass is 10.1. The molecule has 3 aromatic rings. The highest BCUT2D eigenvalue weighted by Gasteiger charge is 2.21. The fourth-order valence-corrected chi connectivity index (χ4v) is 2.58. The fraction of sp³-hybridized carbons (Fsp3) is 0.174. The van der Waals surface area contributed by atoms with Crippen molar-refractivity contribution in [3.8, 4) is 11.5 Å². The number of esters is 1. The molecule has 0 saturated carbocycles. The Kier molecular flexibility index (Phi) is 6.58. The van der Waals surface area contributed by atoms with Gasteiger partial charge in [-0.2, -0.15) is 0 Å². The summed E-state index contributed by atoms with van der Waals surface area (Å²) >= 11 is 0. The van der Waals surface area contributed by atoms with Crippen LogP contribution in [0.3, 0.4) is 0 Å². The molecule has 6 heteroatoms. The SMILES string of the molecule is Cc1ccc(CNC(=O)C(C)OC(=O)c2ccccc2Oc2cccnc2)cc1. The second kappa shape index (κ2) is 9.50. The van der Waals surface area contributed by atoms with Gasteiger partial charge in [0, 0.05) is 12.7 Å². The number of aryl methyl sites for hydroxylation is 1. The van der Waals surface area contributed by atoms with Crippen molar-refractivity contribution in [2.24, 2.45) is 0 Å². The van der Waals surface area contributed by atoms with Gasteiger partial charge in [-0.3, -0.25) is 9.78 Å². The highest BCUT2D eigenvalue weighted by Crippen LogP contribution is 2.25. The standard InChI is InChI=1S/C23H22N2O4/c1-16-9-11-18(12-10-16)14-25-22(26)17(2)28-23(27)20-7-3-4-8-21(20)29-19-6-5-13-24-15-19/h3-13,15,17H,14H2,1-2H3,(H,25,26). The molecule has 0 aliphatic carbocycles. The second-order valence-corrected chi connectivity index (χ2v) is 6.54. The van der Waals surface area contributed by atoms with Crippen molar-refractivity contribution in [2.75, 3.05) is 0 Å². The summed E-state index contributed by atoms with van der Waals surface area (Å²) in [6.07, 6.45) is 2.23. The quantitative estimate of drug-likeness (QED) is 0.616. The van der Waals surface area contributed by atoms with Gasteiger partial charge in [0.2, 0.25) is 0 Å². The molecule has 1 N–H and O–H groups in total. The van der Waals surface area contributed by atoms with Crippen LogP contribution in [0.15, 0.2) is 73.1 Å². The van der Waals surface area contributed by atoms with E-state index in [1.54, 1.807) is 48.8 Å². The number of benzene rings is 2. The van der Waals surface area contributed by atoms with Crippen molar-refractivity contribution in [2.45, 2.75) is 26.5 Å². The highest BCUT2D eigenvalue weighted by molar-refractivity contribution is 5.94. The molecule has 0 saturated heterocycles. The first-order chi connectivity index (χ1) is 14.0. The third kappa shape index (κ3) is 5.65. The summed E-state index contributed by atoms with van der Waals surface area (Å²) in [5, 5.41) is 2.77. The zero-order chi connectivity index (χ0) is 20.6. The Morgan fingerprint density at radius 2 is 1.79 bits per heavy atom. The van der Waals surface area contributed by atoms with E-state index in [9.17, 15) is 9.59 Å². The molecule has 0 spiro atoms. The van der Waals surface area contributed by atoms with Crippen LogP contribution in [0.5, 0.6) is 11.5 Å². The Hall–Kier alpha value is -3.67. The summed E-state index contributed by atoms with van der Waals surface area (Å²) in [6.45, 7) is 3.90. The largest absolute Gasteiger partial charge is 0.455 e. The lowest BCUT2D eigenvalue weighted by Crippen LogP contribution is -2.35. The predicted molar refractivity (Wildman–Crippen MR) is 109 cm³/mol. The number of ether oxygens (including phenoxy) is 2. The lowest BCUT2D eigenvalue weighted by Gasteiger charge is -2.15. The van der Waals surface area contributed by atoms with E-state index in [-0.39, 0.29) is 11.5 Å². The molecule has 6 nitrogen and oxygen atoms in total. The van der Waals surface area contributed by atoms with Crippen LogP contribution in [0.1, 0.15) is 28.4 Å². The molecule has 29 heavy (non-hydrogen) atoms. The minimum atomic E-state index is -0.945. The predicted octanol–water partition coefficient (Wildman–Crippen LogP) is 4.04. The first kappa shape index (κ1) is 20.1. The maximum absolute atomic E-state index is 12.6. The molecule has 0 fully saturated rings. The van der Waals surface area contributed by atoms with Crippen LogP contribution in [0.4, 0.5) is 0 Å². The van der Waals surface area contributed by atoms with E-state index in [0.29, 0.717) is 18.0 Å².